The minimum atomic E-state index is 0.516. The lowest BCUT2D eigenvalue weighted by molar-refractivity contribution is 0.0523. The second kappa shape index (κ2) is 19.0. The predicted octanol–water partition coefficient (Wildman–Crippen LogP) is 7.67. The van der Waals surface area contributed by atoms with E-state index in [9.17, 15) is 0 Å². The lowest BCUT2D eigenvalue weighted by atomic mass is 10.0. The van der Waals surface area contributed by atoms with E-state index in [2.05, 4.69) is 20.8 Å². The van der Waals surface area contributed by atoms with Gasteiger partial charge >= 0.3 is 0 Å². The molecule has 0 aromatic rings. The molecule has 1 heteroatoms. The Hall–Kier alpha value is -0.0400. The Bertz CT molecular complexity index is 190. The van der Waals surface area contributed by atoms with Crippen LogP contribution in [0.5, 0.6) is 0 Å². The molecule has 1 nitrogen and oxygen atoms in total. The van der Waals surface area contributed by atoms with Crippen molar-refractivity contribution in [3.8, 4) is 0 Å². The molecule has 0 radical (unpaired) electrons. The molecule has 0 fully saturated rings. The summed E-state index contributed by atoms with van der Waals surface area (Å²) < 4.78 is 5.70. The number of rotatable bonds is 18. The van der Waals surface area contributed by atoms with Crippen LogP contribution in [0.2, 0.25) is 0 Å². The van der Waals surface area contributed by atoms with Crippen molar-refractivity contribution in [3.63, 3.8) is 0 Å². The maximum atomic E-state index is 5.70. The van der Waals surface area contributed by atoms with Crippen molar-refractivity contribution in [1.29, 1.82) is 0 Å². The van der Waals surface area contributed by atoms with Crippen molar-refractivity contribution in [2.24, 2.45) is 0 Å². The van der Waals surface area contributed by atoms with Crippen LogP contribution in [0.1, 0.15) is 124 Å². The normalized spacial score (nSPS) is 12.7. The molecule has 0 aromatic heterocycles. The monoisotopic (exact) mass is 312 g/mol. The van der Waals surface area contributed by atoms with Crippen LogP contribution >= 0.6 is 0 Å². The zero-order valence-corrected chi connectivity index (χ0v) is 16.0. The zero-order chi connectivity index (χ0) is 16.3. The van der Waals surface area contributed by atoms with Gasteiger partial charge in [0.1, 0.15) is 0 Å². The van der Waals surface area contributed by atoms with Crippen LogP contribution in [0, 0.1) is 0 Å². The summed E-state index contributed by atoms with van der Waals surface area (Å²) in [4.78, 5) is 0. The van der Waals surface area contributed by atoms with E-state index in [0.717, 1.165) is 6.61 Å². The number of ether oxygens (including phenoxy) is 1. The molecule has 0 N–H and O–H groups in total. The van der Waals surface area contributed by atoms with Crippen molar-refractivity contribution in [2.75, 3.05) is 6.61 Å². The Kier molecular flexibility index (Phi) is 19.0. The summed E-state index contributed by atoms with van der Waals surface area (Å²) in [5.74, 6) is 0. The number of hydrogen-bond donors (Lipinski definition) is 0. The van der Waals surface area contributed by atoms with Gasteiger partial charge in [0.2, 0.25) is 0 Å². The summed E-state index contributed by atoms with van der Waals surface area (Å²) in [5, 5.41) is 0. The Morgan fingerprint density at radius 2 is 0.955 bits per heavy atom. The summed E-state index contributed by atoms with van der Waals surface area (Å²) in [5.41, 5.74) is 0. The number of hydrogen-bond acceptors (Lipinski definition) is 1. The highest BCUT2D eigenvalue weighted by Gasteiger charge is 2.04. The Morgan fingerprint density at radius 1 is 0.545 bits per heavy atom. The van der Waals surface area contributed by atoms with Gasteiger partial charge in [-0.15, -0.1) is 0 Å². The van der Waals surface area contributed by atoms with Crippen LogP contribution < -0.4 is 0 Å². The van der Waals surface area contributed by atoms with E-state index in [4.69, 9.17) is 4.74 Å². The number of unbranched alkanes of at least 4 members (excludes halogenated alkanes) is 13. The van der Waals surface area contributed by atoms with Crippen molar-refractivity contribution in [1.82, 2.24) is 0 Å². The van der Waals surface area contributed by atoms with Crippen LogP contribution in [0.25, 0.3) is 0 Å². The van der Waals surface area contributed by atoms with E-state index < -0.39 is 0 Å². The summed E-state index contributed by atoms with van der Waals surface area (Å²) in [7, 11) is 0. The van der Waals surface area contributed by atoms with Crippen molar-refractivity contribution in [3.05, 3.63) is 0 Å². The van der Waals surface area contributed by atoms with E-state index in [1.54, 1.807) is 0 Å². The van der Waals surface area contributed by atoms with Crippen LogP contribution in [0.4, 0.5) is 0 Å². The molecule has 0 aliphatic rings. The van der Waals surface area contributed by atoms with E-state index in [-0.39, 0.29) is 0 Å². The Labute approximate surface area is 141 Å². The third-order valence-electron chi connectivity index (χ3n) is 4.74. The minimum Gasteiger partial charge on any atom is -0.379 e. The van der Waals surface area contributed by atoms with Crippen LogP contribution in [0.3, 0.4) is 0 Å². The maximum Gasteiger partial charge on any atom is 0.0572 e. The summed E-state index contributed by atoms with van der Waals surface area (Å²) in [6.07, 6.45) is 23.1. The highest BCUT2D eigenvalue weighted by molar-refractivity contribution is 4.56. The smallest absolute Gasteiger partial charge is 0.0572 e. The second-order valence-corrected chi connectivity index (χ2v) is 6.87. The summed E-state index contributed by atoms with van der Waals surface area (Å²) >= 11 is 0. The molecular formula is C21H44O. The van der Waals surface area contributed by atoms with Crippen LogP contribution in [0.15, 0.2) is 0 Å². The molecule has 0 bridgehead atoms. The van der Waals surface area contributed by atoms with Crippen LogP contribution in [-0.4, -0.2) is 12.7 Å². The first kappa shape index (κ1) is 22.0. The zero-order valence-electron chi connectivity index (χ0n) is 16.0. The first-order valence-corrected chi connectivity index (χ1v) is 10.5. The van der Waals surface area contributed by atoms with Gasteiger partial charge in [-0.3, -0.25) is 0 Å². The van der Waals surface area contributed by atoms with Gasteiger partial charge in [-0.1, -0.05) is 104 Å². The van der Waals surface area contributed by atoms with Crippen LogP contribution in [-0.2, 0) is 4.74 Å². The molecule has 134 valence electrons. The predicted molar refractivity (Wildman–Crippen MR) is 101 cm³/mol. The Balaban J connectivity index is 3.08. The van der Waals surface area contributed by atoms with Gasteiger partial charge in [0.25, 0.3) is 0 Å². The molecule has 0 aromatic carbocycles. The standard InChI is InChI=1S/C21H44O/c1-4-7-8-9-10-11-12-13-14-15-16-17-18-19-20-21(5-2)22-6-3/h21H,4-20H2,1-3H3. The second-order valence-electron chi connectivity index (χ2n) is 6.87. The molecule has 22 heavy (non-hydrogen) atoms. The molecule has 0 amide bonds. The minimum absolute atomic E-state index is 0.516. The van der Waals surface area contributed by atoms with Gasteiger partial charge in [-0.05, 0) is 19.8 Å². The van der Waals surface area contributed by atoms with E-state index in [0.29, 0.717) is 6.10 Å². The van der Waals surface area contributed by atoms with Crippen molar-refractivity contribution in [2.45, 2.75) is 130 Å². The van der Waals surface area contributed by atoms with Gasteiger partial charge in [0.05, 0.1) is 6.10 Å². The van der Waals surface area contributed by atoms with Gasteiger partial charge < -0.3 is 4.74 Å². The fraction of sp³-hybridized carbons (Fsp3) is 1.00. The van der Waals surface area contributed by atoms with Gasteiger partial charge in [-0.2, -0.15) is 0 Å². The molecular weight excluding hydrogens is 268 g/mol. The lowest BCUT2D eigenvalue weighted by Crippen LogP contribution is -2.11. The summed E-state index contributed by atoms with van der Waals surface area (Å²) in [6, 6.07) is 0. The first-order chi connectivity index (χ1) is 10.8. The average molecular weight is 313 g/mol. The third-order valence-corrected chi connectivity index (χ3v) is 4.74. The van der Waals surface area contributed by atoms with Crippen molar-refractivity contribution >= 4 is 0 Å². The first-order valence-electron chi connectivity index (χ1n) is 10.5. The molecule has 1 atom stereocenters. The van der Waals surface area contributed by atoms with E-state index in [1.165, 1.54) is 103 Å². The van der Waals surface area contributed by atoms with Gasteiger partial charge in [0.15, 0.2) is 0 Å². The van der Waals surface area contributed by atoms with E-state index >= 15 is 0 Å². The molecule has 0 heterocycles. The highest BCUT2D eigenvalue weighted by Crippen LogP contribution is 2.15. The van der Waals surface area contributed by atoms with Gasteiger partial charge in [0, 0.05) is 6.61 Å². The molecule has 0 spiro atoms. The molecule has 0 rings (SSSR count). The maximum absolute atomic E-state index is 5.70. The molecule has 0 aliphatic heterocycles. The SMILES string of the molecule is CCCCCCCCCCCCCCCCC(CC)OCC. The fourth-order valence-corrected chi connectivity index (χ4v) is 3.21. The Morgan fingerprint density at radius 3 is 1.32 bits per heavy atom. The average Bonchev–Trinajstić information content (AvgIpc) is 2.54. The molecule has 0 saturated carbocycles. The topological polar surface area (TPSA) is 9.23 Å². The highest BCUT2D eigenvalue weighted by atomic mass is 16.5. The van der Waals surface area contributed by atoms with Crippen molar-refractivity contribution < 1.29 is 4.74 Å². The molecule has 0 aliphatic carbocycles. The molecule has 1 unspecified atom stereocenters. The third kappa shape index (κ3) is 16.3. The summed E-state index contributed by atoms with van der Waals surface area (Å²) in [6.45, 7) is 7.51. The molecule has 0 saturated heterocycles. The quantitative estimate of drug-likeness (QED) is 0.236. The largest absolute Gasteiger partial charge is 0.379 e. The lowest BCUT2D eigenvalue weighted by Gasteiger charge is -2.14. The van der Waals surface area contributed by atoms with E-state index in [1.807, 2.05) is 0 Å². The fourth-order valence-electron chi connectivity index (χ4n) is 3.21. The van der Waals surface area contributed by atoms with Gasteiger partial charge in [-0.25, -0.2) is 0 Å².